The number of hydrogen-bond donors (Lipinski definition) is 1. The quantitative estimate of drug-likeness (QED) is 0.695. The average Bonchev–Trinajstić information content (AvgIpc) is 2.92. The van der Waals surface area contributed by atoms with Crippen molar-refractivity contribution in [3.05, 3.63) is 35.4 Å². The normalized spacial score (nSPS) is 13.6. The summed E-state index contributed by atoms with van der Waals surface area (Å²) in [6.07, 6.45) is 3.28. The number of fused-ring (bicyclic) bond motifs is 2. The first-order valence-corrected chi connectivity index (χ1v) is 6.55. The van der Waals surface area contributed by atoms with Crippen LogP contribution in [0.5, 0.6) is 11.5 Å². The standard InChI is InChI=1S/C13H10N4O2S/c20-13-9-6-16-17(12(9)14-7-15-13)8-1-2-10-11(5-8)19-4-3-18-10/h1-2,5-7H,3-4H2,(H,14,15,20). The van der Waals surface area contributed by atoms with Crippen LogP contribution >= 0.6 is 12.2 Å². The number of hydrogen-bond acceptors (Lipinski definition) is 5. The Morgan fingerprint density at radius 2 is 2.05 bits per heavy atom. The summed E-state index contributed by atoms with van der Waals surface area (Å²) in [5, 5.41) is 5.17. The molecule has 0 fully saturated rings. The molecule has 1 aliphatic heterocycles. The maximum Gasteiger partial charge on any atom is 0.163 e. The van der Waals surface area contributed by atoms with Gasteiger partial charge in [-0.3, -0.25) is 0 Å². The zero-order chi connectivity index (χ0) is 13.5. The van der Waals surface area contributed by atoms with Gasteiger partial charge in [0.15, 0.2) is 11.5 Å². The summed E-state index contributed by atoms with van der Waals surface area (Å²) < 4.78 is 13.4. The average molecular weight is 286 g/mol. The molecular formula is C13H10N4O2S. The van der Waals surface area contributed by atoms with Crippen LogP contribution in [0.25, 0.3) is 16.7 Å². The fraction of sp³-hybridized carbons (Fsp3) is 0.154. The Labute approximate surface area is 119 Å². The van der Waals surface area contributed by atoms with E-state index in [-0.39, 0.29) is 0 Å². The van der Waals surface area contributed by atoms with Crippen molar-refractivity contribution in [3.8, 4) is 17.2 Å². The van der Waals surface area contributed by atoms with Gasteiger partial charge in [0, 0.05) is 6.07 Å². The lowest BCUT2D eigenvalue weighted by Crippen LogP contribution is -2.15. The van der Waals surface area contributed by atoms with Crippen molar-refractivity contribution in [2.45, 2.75) is 0 Å². The van der Waals surface area contributed by atoms with E-state index >= 15 is 0 Å². The third kappa shape index (κ3) is 1.67. The number of benzene rings is 1. The summed E-state index contributed by atoms with van der Waals surface area (Å²) in [4.78, 5) is 7.12. The zero-order valence-corrected chi connectivity index (χ0v) is 11.2. The molecule has 1 N–H and O–H groups in total. The first-order chi connectivity index (χ1) is 9.83. The van der Waals surface area contributed by atoms with Gasteiger partial charge in [0.1, 0.15) is 23.5 Å². The molecule has 0 atom stereocenters. The highest BCUT2D eigenvalue weighted by Gasteiger charge is 2.14. The summed E-state index contributed by atoms with van der Waals surface area (Å²) in [5.74, 6) is 1.48. The smallest absolute Gasteiger partial charge is 0.163 e. The van der Waals surface area contributed by atoms with Gasteiger partial charge in [-0.2, -0.15) is 5.10 Å². The van der Waals surface area contributed by atoms with E-state index in [0.717, 1.165) is 28.2 Å². The molecule has 3 heterocycles. The van der Waals surface area contributed by atoms with Gasteiger partial charge in [0.2, 0.25) is 0 Å². The van der Waals surface area contributed by atoms with Crippen LogP contribution in [0.3, 0.4) is 0 Å². The van der Waals surface area contributed by atoms with Gasteiger partial charge < -0.3 is 14.5 Å². The van der Waals surface area contributed by atoms with E-state index in [9.17, 15) is 0 Å². The van der Waals surface area contributed by atoms with Crippen LogP contribution in [0.15, 0.2) is 30.7 Å². The predicted octanol–water partition coefficient (Wildman–Crippen LogP) is 2.25. The van der Waals surface area contributed by atoms with Crippen LogP contribution in [-0.2, 0) is 0 Å². The molecule has 0 saturated heterocycles. The molecule has 1 aromatic carbocycles. The number of rotatable bonds is 1. The van der Waals surface area contributed by atoms with Crippen LogP contribution in [-0.4, -0.2) is 33.0 Å². The van der Waals surface area contributed by atoms with Crippen molar-refractivity contribution in [3.63, 3.8) is 0 Å². The van der Waals surface area contributed by atoms with Crippen molar-refractivity contribution < 1.29 is 9.47 Å². The third-order valence-corrected chi connectivity index (χ3v) is 3.48. The number of nitrogens with one attached hydrogen (secondary N) is 1. The highest BCUT2D eigenvalue weighted by Crippen LogP contribution is 2.32. The lowest BCUT2D eigenvalue weighted by atomic mass is 10.2. The minimum absolute atomic E-state index is 0.530. The van der Waals surface area contributed by atoms with Gasteiger partial charge in [-0.05, 0) is 12.1 Å². The monoisotopic (exact) mass is 286 g/mol. The molecule has 7 heteroatoms. The van der Waals surface area contributed by atoms with E-state index in [0.29, 0.717) is 17.9 Å². The fourth-order valence-electron chi connectivity index (χ4n) is 2.22. The summed E-state index contributed by atoms with van der Waals surface area (Å²) in [7, 11) is 0. The van der Waals surface area contributed by atoms with Crippen LogP contribution in [0.2, 0.25) is 0 Å². The Kier molecular flexibility index (Phi) is 2.46. The molecule has 0 spiro atoms. The second-order valence-electron chi connectivity index (χ2n) is 4.35. The topological polar surface area (TPSA) is 65.0 Å². The minimum Gasteiger partial charge on any atom is -0.486 e. The van der Waals surface area contributed by atoms with Crippen molar-refractivity contribution in [2.24, 2.45) is 0 Å². The second-order valence-corrected chi connectivity index (χ2v) is 4.74. The molecular weight excluding hydrogens is 276 g/mol. The summed E-state index contributed by atoms with van der Waals surface area (Å²) in [5.41, 5.74) is 1.68. The van der Waals surface area contributed by atoms with E-state index < -0.39 is 0 Å². The highest BCUT2D eigenvalue weighted by molar-refractivity contribution is 7.71. The van der Waals surface area contributed by atoms with Crippen LogP contribution < -0.4 is 9.47 Å². The van der Waals surface area contributed by atoms with Gasteiger partial charge in [-0.1, -0.05) is 12.2 Å². The van der Waals surface area contributed by atoms with Gasteiger partial charge in [0.25, 0.3) is 0 Å². The Morgan fingerprint density at radius 1 is 1.20 bits per heavy atom. The summed E-state index contributed by atoms with van der Waals surface area (Å²) in [6.45, 7) is 1.14. The number of aromatic amines is 1. The SMILES string of the molecule is S=c1nc[nH]c2c1cnn2-c1ccc2c(c1)OCCO2. The van der Waals surface area contributed by atoms with E-state index in [2.05, 4.69) is 15.1 Å². The maximum atomic E-state index is 5.59. The molecule has 3 aromatic rings. The Morgan fingerprint density at radius 3 is 2.95 bits per heavy atom. The van der Waals surface area contributed by atoms with E-state index in [1.807, 2.05) is 18.2 Å². The van der Waals surface area contributed by atoms with Crippen molar-refractivity contribution in [1.29, 1.82) is 0 Å². The molecule has 0 saturated carbocycles. The van der Waals surface area contributed by atoms with Crippen LogP contribution in [0, 0.1) is 4.64 Å². The highest BCUT2D eigenvalue weighted by atomic mass is 32.1. The zero-order valence-electron chi connectivity index (χ0n) is 10.4. The van der Waals surface area contributed by atoms with E-state index in [4.69, 9.17) is 21.7 Å². The van der Waals surface area contributed by atoms with Gasteiger partial charge >= 0.3 is 0 Å². The van der Waals surface area contributed by atoms with Crippen LogP contribution in [0.1, 0.15) is 0 Å². The molecule has 0 amide bonds. The van der Waals surface area contributed by atoms with E-state index in [1.165, 1.54) is 0 Å². The Balaban J connectivity index is 1.91. The first kappa shape index (κ1) is 11.4. The maximum absolute atomic E-state index is 5.59. The molecule has 20 heavy (non-hydrogen) atoms. The Bertz CT molecular complexity index is 855. The van der Waals surface area contributed by atoms with Crippen molar-refractivity contribution in [1.82, 2.24) is 19.7 Å². The van der Waals surface area contributed by atoms with E-state index in [1.54, 1.807) is 17.2 Å². The summed E-state index contributed by atoms with van der Waals surface area (Å²) in [6, 6.07) is 5.71. The molecule has 0 aliphatic carbocycles. The molecule has 4 rings (SSSR count). The number of aromatic nitrogens is 4. The molecule has 0 unspecified atom stereocenters. The number of nitrogens with zero attached hydrogens (tertiary/aromatic N) is 3. The molecule has 0 radical (unpaired) electrons. The van der Waals surface area contributed by atoms with Crippen molar-refractivity contribution in [2.75, 3.05) is 13.2 Å². The third-order valence-electron chi connectivity index (χ3n) is 3.15. The minimum atomic E-state index is 0.530. The van der Waals surface area contributed by atoms with Crippen LogP contribution in [0.4, 0.5) is 0 Å². The fourth-order valence-corrected chi connectivity index (χ4v) is 2.43. The molecule has 1 aliphatic rings. The second kappa shape index (κ2) is 4.31. The number of H-pyrrole nitrogens is 1. The lowest BCUT2D eigenvalue weighted by Gasteiger charge is -2.18. The summed E-state index contributed by atoms with van der Waals surface area (Å²) >= 11 is 5.19. The lowest BCUT2D eigenvalue weighted by molar-refractivity contribution is 0.171. The first-order valence-electron chi connectivity index (χ1n) is 6.14. The largest absolute Gasteiger partial charge is 0.486 e. The van der Waals surface area contributed by atoms with Crippen molar-refractivity contribution >= 4 is 23.3 Å². The Hall–Kier alpha value is -2.41. The molecule has 0 bridgehead atoms. The molecule has 2 aromatic heterocycles. The predicted molar refractivity (Wildman–Crippen MR) is 75.0 cm³/mol. The number of ether oxygens (including phenoxy) is 2. The van der Waals surface area contributed by atoms with Gasteiger partial charge in [-0.15, -0.1) is 0 Å². The van der Waals surface area contributed by atoms with Gasteiger partial charge in [0.05, 0.1) is 23.6 Å². The molecule has 100 valence electrons. The molecule has 6 nitrogen and oxygen atoms in total. The van der Waals surface area contributed by atoms with Gasteiger partial charge in [-0.25, -0.2) is 9.67 Å².